The van der Waals surface area contributed by atoms with E-state index in [4.69, 9.17) is 9.47 Å². The van der Waals surface area contributed by atoms with Gasteiger partial charge >= 0.3 is 0 Å². The van der Waals surface area contributed by atoms with Crippen LogP contribution in [0.4, 0.5) is 0 Å². The number of ether oxygens (including phenoxy) is 2. The molecule has 5 heteroatoms. The Morgan fingerprint density at radius 3 is 2.33 bits per heavy atom. The predicted octanol–water partition coefficient (Wildman–Crippen LogP) is 6.11. The highest BCUT2D eigenvalue weighted by Crippen LogP contribution is 2.39. The van der Waals surface area contributed by atoms with E-state index in [0.29, 0.717) is 17.6 Å². The maximum atomic E-state index is 9.96. The van der Waals surface area contributed by atoms with Crippen molar-refractivity contribution in [2.45, 2.75) is 64.5 Å². The van der Waals surface area contributed by atoms with E-state index in [1.165, 1.54) is 61.2 Å². The third-order valence-corrected chi connectivity index (χ3v) is 9.15. The first kappa shape index (κ1) is 27.8. The third-order valence-electron chi connectivity index (χ3n) is 9.15. The number of nitrogens with zero attached hydrogens (tertiary/aromatic N) is 2. The van der Waals surface area contributed by atoms with E-state index in [2.05, 4.69) is 59.2 Å². The second kappa shape index (κ2) is 13.1. The summed E-state index contributed by atoms with van der Waals surface area (Å²) in [5.41, 5.74) is 5.44. The van der Waals surface area contributed by atoms with E-state index in [-0.39, 0.29) is 6.04 Å². The Bertz CT molecular complexity index is 1150. The Labute approximate surface area is 235 Å². The summed E-state index contributed by atoms with van der Waals surface area (Å²) in [6, 6.07) is 15.4. The minimum Gasteiger partial charge on any atom is -0.508 e. The molecule has 0 saturated carbocycles. The van der Waals surface area contributed by atoms with Crippen LogP contribution >= 0.6 is 0 Å². The van der Waals surface area contributed by atoms with Crippen molar-refractivity contribution >= 4 is 0 Å². The summed E-state index contributed by atoms with van der Waals surface area (Å²) in [5.74, 6) is 2.85. The molecule has 0 bridgehead atoms. The zero-order valence-electron chi connectivity index (χ0n) is 24.1. The van der Waals surface area contributed by atoms with Gasteiger partial charge < -0.3 is 19.5 Å². The second-order valence-electron chi connectivity index (χ2n) is 11.5. The zero-order valence-corrected chi connectivity index (χ0v) is 24.1. The van der Waals surface area contributed by atoms with E-state index >= 15 is 0 Å². The standard InChI is InChI=1S/C34H46N2O3/c1-4-36(24-26-10-8-25(9-11-26)16-19-35-17-6-5-7-18-35)32-23-34(39-3)33(38-2)22-31(32)29-13-12-28-21-30(37)15-14-27(28)20-29/h8-11,14-15,21-23,29,31-32,37H,4-7,12-13,16-20,24H2,1-3H3/t29-,31?,32?/m1/s1. The third kappa shape index (κ3) is 6.70. The summed E-state index contributed by atoms with van der Waals surface area (Å²) < 4.78 is 11.6. The van der Waals surface area contributed by atoms with Crippen LogP contribution in [0.2, 0.25) is 0 Å². The van der Waals surface area contributed by atoms with Crippen LogP contribution in [-0.4, -0.2) is 61.3 Å². The van der Waals surface area contributed by atoms with Gasteiger partial charge in [0.25, 0.3) is 0 Å². The Morgan fingerprint density at radius 1 is 0.897 bits per heavy atom. The molecular formula is C34H46N2O3. The molecule has 0 spiro atoms. The summed E-state index contributed by atoms with van der Waals surface area (Å²) in [6.07, 6.45) is 12.9. The fourth-order valence-corrected chi connectivity index (χ4v) is 6.85. The summed E-state index contributed by atoms with van der Waals surface area (Å²) in [4.78, 5) is 5.20. The molecule has 3 aliphatic rings. The summed E-state index contributed by atoms with van der Waals surface area (Å²) >= 11 is 0. The van der Waals surface area contributed by atoms with Crippen LogP contribution in [0.15, 0.2) is 66.1 Å². The van der Waals surface area contributed by atoms with Crippen molar-refractivity contribution in [2.75, 3.05) is 40.4 Å². The van der Waals surface area contributed by atoms with Crippen LogP contribution in [-0.2, 0) is 35.3 Å². The van der Waals surface area contributed by atoms with E-state index in [9.17, 15) is 5.11 Å². The first-order valence-corrected chi connectivity index (χ1v) is 14.9. The Kier molecular flexibility index (Phi) is 9.31. The van der Waals surface area contributed by atoms with Crippen LogP contribution in [0.3, 0.4) is 0 Å². The number of likely N-dealkylation sites (tertiary alicyclic amines) is 1. The van der Waals surface area contributed by atoms with Crippen molar-refractivity contribution in [3.63, 3.8) is 0 Å². The number of aromatic hydroxyl groups is 1. The van der Waals surface area contributed by atoms with Crippen LogP contribution in [0.25, 0.3) is 0 Å². The number of piperidine rings is 1. The number of fused-ring (bicyclic) bond motifs is 1. The van der Waals surface area contributed by atoms with Gasteiger partial charge in [-0.25, -0.2) is 0 Å². The molecule has 210 valence electrons. The highest BCUT2D eigenvalue weighted by atomic mass is 16.5. The number of benzene rings is 2. The molecule has 1 N–H and O–H groups in total. The Morgan fingerprint density at radius 2 is 1.62 bits per heavy atom. The smallest absolute Gasteiger partial charge is 0.158 e. The van der Waals surface area contributed by atoms with Crippen LogP contribution < -0.4 is 0 Å². The van der Waals surface area contributed by atoms with Gasteiger partial charge in [0.15, 0.2) is 11.5 Å². The first-order chi connectivity index (χ1) is 19.1. The van der Waals surface area contributed by atoms with E-state index < -0.39 is 0 Å². The fourth-order valence-electron chi connectivity index (χ4n) is 6.85. The van der Waals surface area contributed by atoms with Crippen molar-refractivity contribution in [2.24, 2.45) is 11.8 Å². The predicted molar refractivity (Wildman–Crippen MR) is 158 cm³/mol. The van der Waals surface area contributed by atoms with Crippen LogP contribution in [0.5, 0.6) is 5.75 Å². The molecule has 0 radical (unpaired) electrons. The lowest BCUT2D eigenvalue weighted by Crippen LogP contribution is -2.44. The molecule has 1 heterocycles. The number of likely N-dealkylation sites (N-methyl/N-ethyl adjacent to an activating group) is 1. The van der Waals surface area contributed by atoms with Gasteiger partial charge in [0, 0.05) is 25.0 Å². The SMILES string of the molecule is CCN(Cc1ccc(CCN2CCCCC2)cc1)C1C=C(OC)C(OC)=CC1[C@@H]1CCc2cc(O)ccc2C1. The molecule has 2 aliphatic carbocycles. The second-order valence-corrected chi connectivity index (χ2v) is 11.5. The first-order valence-electron chi connectivity index (χ1n) is 14.9. The monoisotopic (exact) mass is 530 g/mol. The number of hydrogen-bond donors (Lipinski definition) is 1. The lowest BCUT2D eigenvalue weighted by Gasteiger charge is -2.41. The van der Waals surface area contributed by atoms with Gasteiger partial charge in [0.1, 0.15) is 5.75 Å². The van der Waals surface area contributed by atoms with Gasteiger partial charge in [-0.3, -0.25) is 4.90 Å². The molecule has 3 atom stereocenters. The number of rotatable bonds is 10. The molecule has 39 heavy (non-hydrogen) atoms. The topological polar surface area (TPSA) is 45.2 Å². The normalized spacial score (nSPS) is 23.6. The number of methoxy groups -OCH3 is 2. The Balaban J connectivity index is 1.31. The van der Waals surface area contributed by atoms with Gasteiger partial charge in [0.2, 0.25) is 0 Å². The lowest BCUT2D eigenvalue weighted by molar-refractivity contribution is 0.132. The molecule has 5 nitrogen and oxygen atoms in total. The van der Waals surface area contributed by atoms with Crippen molar-refractivity contribution in [3.8, 4) is 5.75 Å². The highest BCUT2D eigenvalue weighted by Gasteiger charge is 2.37. The molecule has 0 aromatic heterocycles. The van der Waals surface area contributed by atoms with Crippen molar-refractivity contribution in [3.05, 3.63) is 88.4 Å². The number of aryl methyl sites for hydroxylation is 1. The average Bonchev–Trinajstić information content (AvgIpc) is 2.99. The average molecular weight is 531 g/mol. The summed E-state index contributed by atoms with van der Waals surface area (Å²) in [7, 11) is 3.47. The maximum absolute atomic E-state index is 9.96. The molecule has 1 saturated heterocycles. The molecule has 2 aromatic rings. The molecular weight excluding hydrogens is 484 g/mol. The molecule has 2 unspecified atom stereocenters. The number of phenolic OH excluding ortho intramolecular Hbond substituents is 1. The number of hydrogen-bond acceptors (Lipinski definition) is 5. The van der Waals surface area contributed by atoms with Gasteiger partial charge in [-0.1, -0.05) is 43.7 Å². The summed E-state index contributed by atoms with van der Waals surface area (Å²) in [5, 5.41) is 9.96. The van der Waals surface area contributed by atoms with Gasteiger partial charge in [-0.05, 0) is 111 Å². The van der Waals surface area contributed by atoms with E-state index in [1.807, 2.05) is 12.1 Å². The Hall–Kier alpha value is -2.76. The van der Waals surface area contributed by atoms with Gasteiger partial charge in [-0.15, -0.1) is 0 Å². The highest BCUT2D eigenvalue weighted by molar-refractivity contribution is 5.38. The molecule has 1 aliphatic heterocycles. The largest absolute Gasteiger partial charge is 0.508 e. The molecule has 1 fully saturated rings. The quantitative estimate of drug-likeness (QED) is 0.402. The maximum Gasteiger partial charge on any atom is 0.158 e. The van der Waals surface area contributed by atoms with Crippen molar-refractivity contribution in [1.82, 2.24) is 9.80 Å². The lowest BCUT2D eigenvalue weighted by atomic mass is 9.72. The molecule has 2 aromatic carbocycles. The fraction of sp³-hybridized carbons (Fsp3) is 0.529. The molecule has 5 rings (SSSR count). The van der Waals surface area contributed by atoms with Gasteiger partial charge in [0.05, 0.1) is 14.2 Å². The van der Waals surface area contributed by atoms with Gasteiger partial charge in [-0.2, -0.15) is 0 Å². The minimum absolute atomic E-state index is 0.228. The molecule has 0 amide bonds. The van der Waals surface area contributed by atoms with Crippen molar-refractivity contribution in [1.29, 1.82) is 0 Å². The van der Waals surface area contributed by atoms with Crippen molar-refractivity contribution < 1.29 is 14.6 Å². The zero-order chi connectivity index (χ0) is 27.2. The summed E-state index contributed by atoms with van der Waals surface area (Å²) in [6.45, 7) is 7.82. The van der Waals surface area contributed by atoms with E-state index in [0.717, 1.165) is 50.3 Å². The van der Waals surface area contributed by atoms with Crippen LogP contribution in [0, 0.1) is 11.8 Å². The van der Waals surface area contributed by atoms with E-state index in [1.54, 1.807) is 14.2 Å². The number of phenols is 1. The van der Waals surface area contributed by atoms with Crippen LogP contribution in [0.1, 0.15) is 54.9 Å². The minimum atomic E-state index is 0.228.